The molecule has 0 aliphatic rings. The third-order valence-corrected chi connectivity index (χ3v) is 8.65. The number of hydrogen-bond donors (Lipinski definition) is 0. The Bertz CT molecular complexity index is 1860. The zero-order chi connectivity index (χ0) is 39.4. The van der Waals surface area contributed by atoms with Crippen LogP contribution >= 0.6 is 0 Å². The minimum Gasteiger partial charge on any atom is -0.542 e. The van der Waals surface area contributed by atoms with Gasteiger partial charge in [0.1, 0.15) is 0 Å². The first-order valence-corrected chi connectivity index (χ1v) is 15.5. The average molecular weight is 792 g/mol. The molecular weight excluding hydrogens is 785 g/mol. The predicted octanol–water partition coefficient (Wildman–Crippen LogP) is 7.28. The first-order valence-electron chi connectivity index (χ1n) is 13.4. The summed E-state index contributed by atoms with van der Waals surface area (Å²) in [5.74, 6) is -55.3. The van der Waals surface area contributed by atoms with Gasteiger partial charge in [-0.15, -0.1) is 0 Å². The van der Waals surface area contributed by atoms with Gasteiger partial charge in [-0.2, -0.15) is 0 Å². The van der Waals surface area contributed by atoms with Crippen LogP contribution in [0.2, 0.25) is 5.79 Å². The molecule has 0 saturated heterocycles. The molecule has 0 spiro atoms. The topological polar surface area (TPSA) is 18.5 Å². The molecule has 0 aliphatic carbocycles. The molecule has 276 valence electrons. The molecular formula is C27H7AlB2F20O2. The van der Waals surface area contributed by atoms with E-state index in [0.29, 0.717) is 5.79 Å². The minimum atomic E-state index is -4.60. The summed E-state index contributed by atoms with van der Waals surface area (Å²) in [4.78, 5) is 0. The number of halogens is 20. The fourth-order valence-corrected chi connectivity index (χ4v) is 6.22. The van der Waals surface area contributed by atoms with Gasteiger partial charge in [-0.05, 0) is 12.6 Å². The van der Waals surface area contributed by atoms with Crippen LogP contribution in [0.25, 0.3) is 0 Å². The molecule has 25 heteroatoms. The van der Waals surface area contributed by atoms with Gasteiger partial charge in [0.15, 0.2) is 105 Å². The first kappa shape index (κ1) is 40.8. The van der Waals surface area contributed by atoms with E-state index in [2.05, 4.69) is 0 Å². The third kappa shape index (κ3) is 6.94. The molecule has 0 saturated carbocycles. The van der Waals surface area contributed by atoms with Crippen LogP contribution < -0.4 is 10.9 Å². The lowest BCUT2D eigenvalue weighted by atomic mass is 9.56. The smallest absolute Gasteiger partial charge is 0.542 e. The normalized spacial score (nSPS) is 11.5. The predicted molar refractivity (Wildman–Crippen MR) is 137 cm³/mol. The summed E-state index contributed by atoms with van der Waals surface area (Å²) in [6.07, 6.45) is -4.15. The van der Waals surface area contributed by atoms with Gasteiger partial charge in [0.2, 0.25) is 11.6 Å². The highest BCUT2D eigenvalue weighted by Crippen LogP contribution is 2.28. The van der Waals surface area contributed by atoms with Crippen molar-refractivity contribution in [3.8, 4) is 0 Å². The van der Waals surface area contributed by atoms with Crippen molar-refractivity contribution in [2.45, 2.75) is 18.4 Å². The molecule has 0 aliphatic heterocycles. The fourth-order valence-electron chi connectivity index (χ4n) is 4.77. The van der Waals surface area contributed by atoms with E-state index in [0.717, 1.165) is 0 Å². The van der Waals surface area contributed by atoms with Crippen molar-refractivity contribution in [3.63, 3.8) is 0 Å². The Morgan fingerprint density at radius 3 is 0.692 bits per heavy atom. The molecule has 0 radical (unpaired) electrons. The Morgan fingerprint density at radius 2 is 0.481 bits per heavy atom. The zero-order valence-electron chi connectivity index (χ0n) is 24.5. The van der Waals surface area contributed by atoms with E-state index in [9.17, 15) is 87.8 Å². The van der Waals surface area contributed by atoms with E-state index >= 15 is 0 Å². The Balaban J connectivity index is 1.91. The molecule has 4 aromatic rings. The lowest BCUT2D eigenvalue weighted by Gasteiger charge is -2.25. The highest BCUT2D eigenvalue weighted by molar-refractivity contribution is 6.78. The highest BCUT2D eigenvalue weighted by atomic mass is 27.2. The second-order valence-electron chi connectivity index (χ2n) is 10.3. The van der Waals surface area contributed by atoms with Gasteiger partial charge in [0.05, 0.1) is 0 Å². The standard InChI is InChI=1S/2C13H2BF10O.CH3.Al/c2*15-4-2(5(16)9(20)12(23)8(4)19)1-14(25)3-6(17)10(21)13(24)11(22)7(3)18;;/h2*1H2;1H3;/q2*-1;;+2. The van der Waals surface area contributed by atoms with Gasteiger partial charge in [-0.3, -0.25) is 0 Å². The maximum Gasteiger partial charge on any atom is 0.639 e. The maximum absolute atomic E-state index is 14.8. The van der Waals surface area contributed by atoms with Crippen molar-refractivity contribution < 1.29 is 95.2 Å². The third-order valence-electron chi connectivity index (χ3n) is 7.22. The summed E-state index contributed by atoms with van der Waals surface area (Å²) in [5.41, 5.74) is -8.56. The Morgan fingerprint density at radius 1 is 0.308 bits per heavy atom. The second-order valence-corrected chi connectivity index (χ2v) is 12.0. The largest absolute Gasteiger partial charge is 0.639 e. The molecule has 0 amide bonds. The van der Waals surface area contributed by atoms with Crippen LogP contribution in [0, 0.1) is 116 Å². The summed E-state index contributed by atoms with van der Waals surface area (Å²) >= 11 is -4.60. The second kappa shape index (κ2) is 15.2. The van der Waals surface area contributed by atoms with Crippen LogP contribution in [0.3, 0.4) is 0 Å². The van der Waals surface area contributed by atoms with Crippen molar-refractivity contribution in [2.75, 3.05) is 0 Å². The summed E-state index contributed by atoms with van der Waals surface area (Å²) in [6, 6.07) is 0. The van der Waals surface area contributed by atoms with E-state index in [-0.39, 0.29) is 0 Å². The molecule has 0 fully saturated rings. The molecule has 4 rings (SSSR count). The Hall–Kier alpha value is -3.94. The summed E-state index contributed by atoms with van der Waals surface area (Å²) in [5, 5.41) is 0. The highest BCUT2D eigenvalue weighted by Gasteiger charge is 2.43. The van der Waals surface area contributed by atoms with Crippen LogP contribution in [0.4, 0.5) is 87.8 Å². The molecule has 0 atom stereocenters. The van der Waals surface area contributed by atoms with Gasteiger partial charge < -0.3 is 7.41 Å². The van der Waals surface area contributed by atoms with Gasteiger partial charge >= 0.3 is 28.6 Å². The van der Waals surface area contributed by atoms with Crippen LogP contribution in [0.5, 0.6) is 0 Å². The Kier molecular flexibility index (Phi) is 11.9. The van der Waals surface area contributed by atoms with E-state index in [1.807, 2.05) is 0 Å². The number of hydrogen-bond acceptors (Lipinski definition) is 2. The number of benzene rings is 4. The molecule has 0 N–H and O–H groups in total. The molecule has 52 heavy (non-hydrogen) atoms. The quantitative estimate of drug-likeness (QED) is 0.0729. The lowest BCUT2D eigenvalue weighted by molar-refractivity contribution is 0.368. The van der Waals surface area contributed by atoms with Crippen LogP contribution in [0.1, 0.15) is 11.1 Å². The van der Waals surface area contributed by atoms with Crippen molar-refractivity contribution in [1.29, 1.82) is 0 Å². The minimum absolute atomic E-state index is 0.467. The molecule has 4 aromatic carbocycles. The van der Waals surface area contributed by atoms with Gasteiger partial charge in [0.25, 0.3) is 0 Å². The molecule has 0 heterocycles. The van der Waals surface area contributed by atoms with Crippen molar-refractivity contribution in [1.82, 2.24) is 0 Å². The zero-order valence-corrected chi connectivity index (χ0v) is 25.7. The molecule has 0 bridgehead atoms. The van der Waals surface area contributed by atoms with Crippen molar-refractivity contribution >= 4 is 39.6 Å². The van der Waals surface area contributed by atoms with E-state index in [1.165, 1.54) is 0 Å². The molecule has 2 nitrogen and oxygen atoms in total. The van der Waals surface area contributed by atoms with Crippen molar-refractivity contribution in [2.24, 2.45) is 0 Å². The van der Waals surface area contributed by atoms with Gasteiger partial charge in [0, 0.05) is 22.1 Å². The van der Waals surface area contributed by atoms with E-state index < -0.39 is 180 Å². The lowest BCUT2D eigenvalue weighted by Crippen LogP contribution is -2.51. The first-order chi connectivity index (χ1) is 24.1. The van der Waals surface area contributed by atoms with E-state index in [4.69, 9.17) is 7.41 Å². The summed E-state index contributed by atoms with van der Waals surface area (Å²) in [6.45, 7) is -6.29. The maximum atomic E-state index is 14.8. The molecule has 0 aromatic heterocycles. The van der Waals surface area contributed by atoms with Crippen LogP contribution in [-0.2, 0) is 20.1 Å². The Labute approximate surface area is 280 Å². The van der Waals surface area contributed by atoms with Crippen LogP contribution in [-0.4, -0.2) is 28.6 Å². The SMILES string of the molecule is [CH3][Al]([O]B(Cc1c(F)c(F)c(F)c(F)c1F)c1c(F)c(F)c(F)c(F)c1F)[O]B(Cc1c(F)c(F)c(F)c(F)c1F)c1c(F)c(F)c(F)c(F)c1F. The van der Waals surface area contributed by atoms with E-state index in [1.54, 1.807) is 0 Å². The monoisotopic (exact) mass is 792 g/mol. The van der Waals surface area contributed by atoms with Gasteiger partial charge in [-0.1, -0.05) is 5.79 Å². The fraction of sp³-hybridized carbons (Fsp3) is 0.111. The number of rotatable bonds is 10. The summed E-state index contributed by atoms with van der Waals surface area (Å²) < 4.78 is 294. The molecule has 0 unspecified atom stereocenters. The average Bonchev–Trinajstić information content (AvgIpc) is 3.11. The summed E-state index contributed by atoms with van der Waals surface area (Å²) in [7, 11) is 0. The van der Waals surface area contributed by atoms with Gasteiger partial charge in [-0.25, -0.2) is 87.8 Å². The van der Waals surface area contributed by atoms with Crippen LogP contribution in [0.15, 0.2) is 0 Å². The van der Waals surface area contributed by atoms with Crippen molar-refractivity contribution in [3.05, 3.63) is 127 Å².